The fraction of sp³-hybridized carbons (Fsp3) is 0.600. The molecule has 1 amide bonds. The van der Waals surface area contributed by atoms with Crippen LogP contribution in [0, 0.1) is 5.41 Å². The minimum absolute atomic E-state index is 0.110. The monoisotopic (exact) mass is 312 g/mol. The lowest BCUT2D eigenvalue weighted by molar-refractivity contribution is -0.141. The zero-order chi connectivity index (χ0) is 15.6. The van der Waals surface area contributed by atoms with Gasteiger partial charge in [-0.1, -0.05) is 18.0 Å². The van der Waals surface area contributed by atoms with Crippen molar-refractivity contribution in [2.24, 2.45) is 5.41 Å². The number of carbonyl (C=O) groups is 2. The van der Waals surface area contributed by atoms with Crippen LogP contribution in [0.25, 0.3) is 0 Å². The predicted molar refractivity (Wildman–Crippen MR) is 80.7 cm³/mol. The molecule has 0 radical (unpaired) electrons. The number of hydrogen-bond acceptors (Lipinski definition) is 2. The van der Waals surface area contributed by atoms with Crippen LogP contribution in [-0.2, 0) is 4.79 Å². The summed E-state index contributed by atoms with van der Waals surface area (Å²) in [4.78, 5) is 23.3. The maximum atomic E-state index is 12.3. The second kappa shape index (κ2) is 6.10. The van der Waals surface area contributed by atoms with Crippen molar-refractivity contribution < 1.29 is 14.7 Å². The Bertz CT molecular complexity index is 547. The average molecular weight is 313 g/mol. The minimum atomic E-state index is -0.808. The van der Waals surface area contributed by atoms with E-state index in [2.05, 4.69) is 5.32 Å². The first kappa shape index (κ1) is 15.9. The van der Waals surface area contributed by atoms with Gasteiger partial charge in [-0.2, -0.15) is 0 Å². The highest BCUT2D eigenvalue weighted by Gasteiger charge is 2.39. The molecule has 1 aliphatic carbocycles. The number of nitrogens with one attached hydrogen (secondary N) is 1. The van der Waals surface area contributed by atoms with Crippen molar-refractivity contribution in [1.29, 1.82) is 0 Å². The molecule has 1 fully saturated rings. The first-order valence-electron chi connectivity index (χ1n) is 7.20. The van der Waals surface area contributed by atoms with E-state index < -0.39 is 5.97 Å². The lowest BCUT2D eigenvalue weighted by Crippen LogP contribution is -2.43. The van der Waals surface area contributed by atoms with Gasteiger partial charge in [0.25, 0.3) is 5.91 Å². The van der Waals surface area contributed by atoms with Crippen molar-refractivity contribution in [2.45, 2.75) is 45.6 Å². The first-order chi connectivity index (χ1) is 9.83. The Balaban J connectivity index is 2.03. The van der Waals surface area contributed by atoms with E-state index in [0.29, 0.717) is 17.3 Å². The van der Waals surface area contributed by atoms with E-state index in [1.165, 1.54) is 0 Å². The van der Waals surface area contributed by atoms with Crippen LogP contribution in [0.4, 0.5) is 0 Å². The number of carboxylic acids is 1. The van der Waals surface area contributed by atoms with Crippen LogP contribution in [0.15, 0.2) is 12.3 Å². The number of carboxylic acid groups (broad SMARTS) is 1. The number of halogens is 1. The fourth-order valence-electron chi connectivity index (χ4n) is 2.83. The van der Waals surface area contributed by atoms with Crippen LogP contribution < -0.4 is 5.32 Å². The van der Waals surface area contributed by atoms with E-state index in [0.717, 1.165) is 19.3 Å². The van der Waals surface area contributed by atoms with E-state index in [9.17, 15) is 9.59 Å². The molecule has 21 heavy (non-hydrogen) atoms. The van der Waals surface area contributed by atoms with E-state index in [1.807, 2.05) is 18.4 Å². The highest BCUT2D eigenvalue weighted by atomic mass is 35.5. The van der Waals surface area contributed by atoms with Gasteiger partial charge in [0.15, 0.2) is 0 Å². The summed E-state index contributed by atoms with van der Waals surface area (Å²) in [5, 5.41) is 12.4. The Morgan fingerprint density at radius 1 is 1.48 bits per heavy atom. The van der Waals surface area contributed by atoms with Crippen LogP contribution in [0.1, 0.15) is 56.1 Å². The quantitative estimate of drug-likeness (QED) is 0.848. The normalized spacial score (nSPS) is 16.6. The lowest BCUT2D eigenvalue weighted by Gasteiger charge is -2.40. The molecule has 2 N–H and O–H groups in total. The van der Waals surface area contributed by atoms with Crippen molar-refractivity contribution in [2.75, 3.05) is 6.54 Å². The molecule has 6 heteroatoms. The summed E-state index contributed by atoms with van der Waals surface area (Å²) in [7, 11) is 0. The van der Waals surface area contributed by atoms with Gasteiger partial charge in [0.05, 0.1) is 11.4 Å². The van der Waals surface area contributed by atoms with Gasteiger partial charge in [0.2, 0.25) is 0 Å². The van der Waals surface area contributed by atoms with Crippen LogP contribution in [0.3, 0.4) is 0 Å². The van der Waals surface area contributed by atoms with Gasteiger partial charge in [-0.3, -0.25) is 9.59 Å². The first-order valence-corrected chi connectivity index (χ1v) is 7.58. The second-order valence-corrected chi connectivity index (χ2v) is 6.59. The standard InChI is InChI=1S/C15H21ClN2O3/c1-10(2)18-8-11(16)6-12(18)14(21)17-9-15(4-3-5-15)7-13(19)20/h6,8,10H,3-5,7,9H2,1-2H3,(H,17,21)(H,19,20). The maximum absolute atomic E-state index is 12.3. The Kier molecular flexibility index (Phi) is 4.61. The van der Waals surface area contributed by atoms with Gasteiger partial charge in [-0.25, -0.2) is 0 Å². The topological polar surface area (TPSA) is 71.3 Å². The summed E-state index contributed by atoms with van der Waals surface area (Å²) in [5.74, 6) is -1.01. The molecule has 116 valence electrons. The molecule has 0 aliphatic heterocycles. The van der Waals surface area contributed by atoms with Crippen molar-refractivity contribution in [3.63, 3.8) is 0 Å². The third-order valence-corrected chi connectivity index (χ3v) is 4.38. The average Bonchev–Trinajstić information content (AvgIpc) is 2.74. The van der Waals surface area contributed by atoms with E-state index in [-0.39, 0.29) is 23.8 Å². The van der Waals surface area contributed by atoms with Gasteiger partial charge >= 0.3 is 5.97 Å². The third-order valence-electron chi connectivity index (χ3n) is 4.17. The highest BCUT2D eigenvalue weighted by Crippen LogP contribution is 2.43. The number of amides is 1. The largest absolute Gasteiger partial charge is 0.481 e. The molecule has 1 aromatic heterocycles. The van der Waals surface area contributed by atoms with E-state index in [1.54, 1.807) is 12.3 Å². The van der Waals surface area contributed by atoms with Crippen LogP contribution in [0.2, 0.25) is 5.02 Å². The molecule has 5 nitrogen and oxygen atoms in total. The summed E-state index contributed by atoms with van der Waals surface area (Å²) in [5.41, 5.74) is 0.236. The maximum Gasteiger partial charge on any atom is 0.303 e. The van der Waals surface area contributed by atoms with Gasteiger partial charge < -0.3 is 15.0 Å². The van der Waals surface area contributed by atoms with Gasteiger partial charge in [0.1, 0.15) is 5.69 Å². The molecule has 2 rings (SSSR count). The van der Waals surface area contributed by atoms with E-state index >= 15 is 0 Å². The molecule has 0 saturated heterocycles. The van der Waals surface area contributed by atoms with Crippen LogP contribution in [-0.4, -0.2) is 28.1 Å². The number of nitrogens with zero attached hydrogens (tertiary/aromatic N) is 1. The van der Waals surface area contributed by atoms with E-state index in [4.69, 9.17) is 16.7 Å². The number of hydrogen-bond donors (Lipinski definition) is 2. The third kappa shape index (κ3) is 3.59. The summed E-state index contributed by atoms with van der Waals surface area (Å²) in [6, 6.07) is 1.77. The molecule has 0 unspecified atom stereocenters. The van der Waals surface area contributed by atoms with Crippen molar-refractivity contribution in [1.82, 2.24) is 9.88 Å². The molecule has 1 heterocycles. The lowest BCUT2D eigenvalue weighted by atomic mass is 9.66. The molecular formula is C15H21ClN2O3. The van der Waals surface area contributed by atoms with Crippen molar-refractivity contribution in [3.8, 4) is 0 Å². The smallest absolute Gasteiger partial charge is 0.303 e. The van der Waals surface area contributed by atoms with Crippen molar-refractivity contribution in [3.05, 3.63) is 23.0 Å². The molecular weight excluding hydrogens is 292 g/mol. The number of aromatic nitrogens is 1. The Labute approximate surface area is 129 Å². The van der Waals surface area contributed by atoms with Gasteiger partial charge in [-0.15, -0.1) is 0 Å². The number of carbonyl (C=O) groups excluding carboxylic acids is 1. The summed E-state index contributed by atoms with van der Waals surface area (Å²) < 4.78 is 1.82. The van der Waals surface area contributed by atoms with Gasteiger partial charge in [0, 0.05) is 18.8 Å². The molecule has 1 aliphatic rings. The second-order valence-electron chi connectivity index (χ2n) is 6.15. The van der Waals surface area contributed by atoms with Crippen LogP contribution in [0.5, 0.6) is 0 Å². The summed E-state index contributed by atoms with van der Waals surface area (Å²) >= 11 is 5.97. The number of rotatable bonds is 6. The van der Waals surface area contributed by atoms with Crippen molar-refractivity contribution >= 4 is 23.5 Å². The molecule has 0 bridgehead atoms. The predicted octanol–water partition coefficient (Wildman–Crippen LogP) is 3.10. The van der Waals surface area contributed by atoms with Gasteiger partial charge in [-0.05, 0) is 38.2 Å². The molecule has 0 aromatic carbocycles. The Morgan fingerprint density at radius 3 is 2.62 bits per heavy atom. The zero-order valence-corrected chi connectivity index (χ0v) is 13.1. The molecule has 1 aromatic rings. The SMILES string of the molecule is CC(C)n1cc(Cl)cc1C(=O)NCC1(CC(=O)O)CCC1. The Morgan fingerprint density at radius 2 is 2.14 bits per heavy atom. The molecule has 0 spiro atoms. The summed E-state index contributed by atoms with van der Waals surface area (Å²) in [6.45, 7) is 4.36. The zero-order valence-electron chi connectivity index (χ0n) is 12.4. The highest BCUT2D eigenvalue weighted by molar-refractivity contribution is 6.31. The minimum Gasteiger partial charge on any atom is -0.481 e. The Hall–Kier alpha value is -1.49. The molecule has 1 saturated carbocycles. The summed E-state index contributed by atoms with van der Waals surface area (Å²) in [6.07, 6.45) is 4.57. The van der Waals surface area contributed by atoms with Crippen LogP contribution >= 0.6 is 11.6 Å². The number of aliphatic carboxylic acids is 1. The molecule has 0 atom stereocenters. The fourth-order valence-corrected chi connectivity index (χ4v) is 3.04.